The molecule has 14 heavy (non-hydrogen) atoms. The van der Waals surface area contributed by atoms with Crippen molar-refractivity contribution in [3.63, 3.8) is 0 Å². The molecule has 2 N–H and O–H groups in total. The first-order valence-corrected chi connectivity index (χ1v) is 5.08. The van der Waals surface area contributed by atoms with Crippen molar-refractivity contribution in [1.82, 2.24) is 0 Å². The van der Waals surface area contributed by atoms with Crippen molar-refractivity contribution >= 4 is 5.97 Å². The summed E-state index contributed by atoms with van der Waals surface area (Å²) in [7, 11) is 0. The summed E-state index contributed by atoms with van der Waals surface area (Å²) in [5.74, 6) is -2.19. The highest BCUT2D eigenvalue weighted by Crippen LogP contribution is 2.20. The van der Waals surface area contributed by atoms with Crippen LogP contribution in [0, 0.1) is 0 Å². The van der Waals surface area contributed by atoms with E-state index in [-0.39, 0.29) is 12.8 Å². The monoisotopic (exact) mass is 204 g/mol. The molecule has 2 atom stereocenters. The lowest BCUT2D eigenvalue weighted by molar-refractivity contribution is -0.247. The van der Waals surface area contributed by atoms with Gasteiger partial charge in [-0.2, -0.15) is 0 Å². The minimum absolute atomic E-state index is 0.250. The smallest absolute Gasteiger partial charge is 0.308 e. The van der Waals surface area contributed by atoms with Gasteiger partial charge in [0.15, 0.2) is 0 Å². The molecule has 0 aromatic heterocycles. The molecule has 0 amide bonds. The van der Waals surface area contributed by atoms with E-state index >= 15 is 0 Å². The van der Waals surface area contributed by atoms with Gasteiger partial charge in [-0.05, 0) is 19.8 Å². The normalized spacial score (nSPS) is 17.2. The molecule has 0 aromatic rings. The quantitative estimate of drug-likeness (QED) is 0.504. The maximum absolute atomic E-state index is 11.1. The van der Waals surface area contributed by atoms with Gasteiger partial charge in [-0.15, -0.1) is 0 Å². The predicted molar refractivity (Wildman–Crippen MR) is 52.5 cm³/mol. The third-order valence-corrected chi connectivity index (χ3v) is 2.01. The lowest BCUT2D eigenvalue weighted by Gasteiger charge is -2.30. The van der Waals surface area contributed by atoms with Gasteiger partial charge >= 0.3 is 5.97 Å². The third-order valence-electron chi connectivity index (χ3n) is 2.01. The van der Waals surface area contributed by atoms with Crippen LogP contribution in [0.15, 0.2) is 0 Å². The summed E-state index contributed by atoms with van der Waals surface area (Å²) in [6.07, 6.45) is 0.754. The number of esters is 1. The van der Waals surface area contributed by atoms with Crippen LogP contribution in [0.4, 0.5) is 0 Å². The fraction of sp³-hybridized carbons (Fsp3) is 0.900. The molecule has 0 aliphatic heterocycles. The van der Waals surface area contributed by atoms with Crippen molar-refractivity contribution in [2.45, 2.75) is 58.3 Å². The van der Waals surface area contributed by atoms with Gasteiger partial charge in [0.05, 0.1) is 0 Å². The molecule has 4 heteroatoms. The summed E-state index contributed by atoms with van der Waals surface area (Å²) >= 11 is 0. The Kier molecular flexibility index (Phi) is 5.72. The van der Waals surface area contributed by atoms with Crippen molar-refractivity contribution in [2.75, 3.05) is 0 Å². The fourth-order valence-electron chi connectivity index (χ4n) is 1.16. The second-order valence-corrected chi connectivity index (χ2v) is 3.49. The van der Waals surface area contributed by atoms with Gasteiger partial charge in [-0.3, -0.25) is 4.79 Å². The van der Waals surface area contributed by atoms with Crippen LogP contribution in [-0.4, -0.2) is 28.1 Å². The lowest BCUT2D eigenvalue weighted by Crippen LogP contribution is -2.44. The molecular weight excluding hydrogens is 184 g/mol. The number of carbonyl (C=O) groups excluding carboxylic acids is 1. The van der Waals surface area contributed by atoms with E-state index in [2.05, 4.69) is 0 Å². The van der Waals surface area contributed by atoms with E-state index in [1.165, 1.54) is 6.92 Å². The van der Waals surface area contributed by atoms with Crippen molar-refractivity contribution in [3.8, 4) is 0 Å². The van der Waals surface area contributed by atoms with Gasteiger partial charge in [0, 0.05) is 12.8 Å². The Hall–Kier alpha value is -0.610. The van der Waals surface area contributed by atoms with E-state index in [0.717, 1.165) is 0 Å². The second-order valence-electron chi connectivity index (χ2n) is 3.49. The molecular formula is C10H20O4. The molecule has 0 bridgehead atoms. The number of hydrogen-bond donors (Lipinski definition) is 2. The zero-order valence-electron chi connectivity index (χ0n) is 9.12. The molecule has 0 fully saturated rings. The number of hydrogen-bond acceptors (Lipinski definition) is 4. The first kappa shape index (κ1) is 13.4. The SMILES string of the molecule is CCCC(=O)OC(O)(CCC)C(C)O. The minimum Gasteiger partial charge on any atom is -0.430 e. The van der Waals surface area contributed by atoms with Gasteiger partial charge in [0.25, 0.3) is 0 Å². The number of rotatable bonds is 6. The van der Waals surface area contributed by atoms with Crippen LogP contribution in [0.5, 0.6) is 0 Å². The average molecular weight is 204 g/mol. The van der Waals surface area contributed by atoms with Gasteiger partial charge in [-0.25, -0.2) is 0 Å². The zero-order valence-corrected chi connectivity index (χ0v) is 9.12. The van der Waals surface area contributed by atoms with Gasteiger partial charge in [0.1, 0.15) is 6.10 Å². The molecule has 0 saturated carbocycles. The summed E-state index contributed by atoms with van der Waals surface area (Å²) < 4.78 is 4.85. The summed E-state index contributed by atoms with van der Waals surface area (Å²) in [6, 6.07) is 0. The summed E-state index contributed by atoms with van der Waals surface area (Å²) in [5, 5.41) is 19.1. The van der Waals surface area contributed by atoms with Gasteiger partial charge in [0.2, 0.25) is 5.79 Å². The van der Waals surface area contributed by atoms with Crippen LogP contribution in [0.25, 0.3) is 0 Å². The van der Waals surface area contributed by atoms with Crippen molar-refractivity contribution in [2.24, 2.45) is 0 Å². The Morgan fingerprint density at radius 1 is 1.43 bits per heavy atom. The first-order chi connectivity index (χ1) is 6.46. The number of aliphatic hydroxyl groups is 2. The summed E-state index contributed by atoms with van der Waals surface area (Å²) in [6.45, 7) is 5.11. The molecule has 0 rings (SSSR count). The summed E-state index contributed by atoms with van der Waals surface area (Å²) in [5.41, 5.74) is 0. The zero-order chi connectivity index (χ0) is 11.2. The maximum Gasteiger partial charge on any atom is 0.308 e. The topological polar surface area (TPSA) is 66.8 Å². The van der Waals surface area contributed by atoms with E-state index in [0.29, 0.717) is 12.8 Å². The highest BCUT2D eigenvalue weighted by Gasteiger charge is 2.35. The standard InChI is InChI=1S/C10H20O4/c1-4-6-9(12)14-10(13,7-5-2)8(3)11/h8,11,13H,4-7H2,1-3H3. The number of aliphatic hydroxyl groups excluding tert-OH is 1. The Bertz CT molecular complexity index is 179. The molecule has 0 heterocycles. The number of carbonyl (C=O) groups is 1. The largest absolute Gasteiger partial charge is 0.430 e. The van der Waals surface area contributed by atoms with E-state index in [1.807, 2.05) is 13.8 Å². The molecule has 0 aromatic carbocycles. The average Bonchev–Trinajstić information content (AvgIpc) is 2.04. The Balaban J connectivity index is 4.28. The molecule has 2 unspecified atom stereocenters. The minimum atomic E-state index is -1.72. The molecule has 4 nitrogen and oxygen atoms in total. The van der Waals surface area contributed by atoms with Crippen LogP contribution in [0.1, 0.15) is 46.5 Å². The van der Waals surface area contributed by atoms with Crippen LogP contribution in [0.3, 0.4) is 0 Å². The molecule has 0 spiro atoms. The van der Waals surface area contributed by atoms with E-state index < -0.39 is 17.9 Å². The van der Waals surface area contributed by atoms with Crippen molar-refractivity contribution in [1.29, 1.82) is 0 Å². The Morgan fingerprint density at radius 2 is 2.00 bits per heavy atom. The first-order valence-electron chi connectivity index (χ1n) is 5.08. The summed E-state index contributed by atoms with van der Waals surface area (Å²) in [4.78, 5) is 11.1. The molecule has 0 saturated heterocycles. The van der Waals surface area contributed by atoms with E-state index in [4.69, 9.17) is 4.74 Å². The maximum atomic E-state index is 11.1. The van der Waals surface area contributed by atoms with Crippen LogP contribution in [-0.2, 0) is 9.53 Å². The fourth-order valence-corrected chi connectivity index (χ4v) is 1.16. The van der Waals surface area contributed by atoms with E-state index in [9.17, 15) is 15.0 Å². The highest BCUT2D eigenvalue weighted by atomic mass is 16.7. The van der Waals surface area contributed by atoms with Crippen LogP contribution < -0.4 is 0 Å². The number of ether oxygens (including phenoxy) is 1. The van der Waals surface area contributed by atoms with Crippen molar-refractivity contribution in [3.05, 3.63) is 0 Å². The molecule has 0 aliphatic carbocycles. The van der Waals surface area contributed by atoms with Crippen molar-refractivity contribution < 1.29 is 19.7 Å². The van der Waals surface area contributed by atoms with Crippen LogP contribution in [0.2, 0.25) is 0 Å². The van der Waals surface area contributed by atoms with Gasteiger partial charge < -0.3 is 14.9 Å². The van der Waals surface area contributed by atoms with Crippen LogP contribution >= 0.6 is 0 Å². The second kappa shape index (κ2) is 5.98. The Labute approximate surface area is 84.9 Å². The predicted octanol–water partition coefficient (Wildman–Crippen LogP) is 1.20. The third kappa shape index (κ3) is 4.07. The molecule has 0 radical (unpaired) electrons. The van der Waals surface area contributed by atoms with E-state index in [1.54, 1.807) is 0 Å². The van der Waals surface area contributed by atoms with Gasteiger partial charge in [-0.1, -0.05) is 13.8 Å². The lowest BCUT2D eigenvalue weighted by atomic mass is 10.1. The molecule has 0 aliphatic rings. The Morgan fingerprint density at radius 3 is 2.36 bits per heavy atom. The highest BCUT2D eigenvalue weighted by molar-refractivity contribution is 5.69. The molecule has 84 valence electrons.